The minimum absolute atomic E-state index is 0.0941. The average Bonchev–Trinajstić information content (AvgIpc) is 2.50. The monoisotopic (exact) mass is 406 g/mol. The van der Waals surface area contributed by atoms with Gasteiger partial charge in [-0.15, -0.1) is 0 Å². The summed E-state index contributed by atoms with van der Waals surface area (Å²) in [5.41, 5.74) is 4.10. The maximum absolute atomic E-state index is 11.9. The molecule has 0 bridgehead atoms. The molecule has 2 rings (SSSR count). The smallest absolute Gasteiger partial charge is 0.264 e. The van der Waals surface area contributed by atoms with Gasteiger partial charge in [0.15, 0.2) is 11.7 Å². The lowest BCUT2D eigenvalue weighted by Crippen LogP contribution is -2.37. The van der Waals surface area contributed by atoms with Gasteiger partial charge in [0.1, 0.15) is 5.75 Å². The Balaban J connectivity index is 1.88. The van der Waals surface area contributed by atoms with Crippen molar-refractivity contribution in [3.63, 3.8) is 0 Å². The van der Waals surface area contributed by atoms with E-state index in [9.17, 15) is 4.79 Å². The molecule has 0 unspecified atom stereocenters. The summed E-state index contributed by atoms with van der Waals surface area (Å²) in [6.45, 7) is 5.85. The molecule has 0 saturated heterocycles. The minimum Gasteiger partial charge on any atom is -0.484 e. The van der Waals surface area contributed by atoms with E-state index in [1.54, 1.807) is 0 Å². The van der Waals surface area contributed by atoms with Gasteiger partial charge in [-0.3, -0.25) is 10.1 Å². The van der Waals surface area contributed by atoms with Crippen LogP contribution in [0.25, 0.3) is 0 Å². The standard InChI is InChI=1S/C18H19BrN2O2S/c1-11-4-6-15(7-5-11)23-10-16(22)20-18(24)21-17-12(2)8-14(19)9-13(17)3/h4-9H,10H2,1-3H3,(H2,20,21,22,24). The second-order valence-electron chi connectivity index (χ2n) is 5.52. The fourth-order valence-electron chi connectivity index (χ4n) is 2.20. The number of rotatable bonds is 4. The van der Waals surface area contributed by atoms with Crippen molar-refractivity contribution < 1.29 is 9.53 Å². The predicted molar refractivity (Wildman–Crippen MR) is 105 cm³/mol. The molecular formula is C18H19BrN2O2S. The zero-order valence-electron chi connectivity index (χ0n) is 13.8. The number of carbonyl (C=O) groups is 1. The largest absolute Gasteiger partial charge is 0.484 e. The Morgan fingerprint density at radius 3 is 2.29 bits per heavy atom. The van der Waals surface area contributed by atoms with Gasteiger partial charge < -0.3 is 10.1 Å². The summed E-state index contributed by atoms with van der Waals surface area (Å²) < 4.78 is 6.44. The number of aryl methyl sites for hydroxylation is 3. The van der Waals surface area contributed by atoms with E-state index in [-0.39, 0.29) is 17.6 Å². The molecule has 0 spiro atoms. The summed E-state index contributed by atoms with van der Waals surface area (Å²) in [6, 6.07) is 11.5. The first kappa shape index (κ1) is 18.4. The number of carbonyl (C=O) groups excluding carboxylic acids is 1. The third-order valence-corrected chi connectivity index (χ3v) is 4.04. The Kier molecular flexibility index (Phi) is 6.34. The van der Waals surface area contributed by atoms with E-state index in [1.165, 1.54) is 0 Å². The van der Waals surface area contributed by atoms with Crippen LogP contribution in [0.4, 0.5) is 5.69 Å². The molecule has 0 aliphatic carbocycles. The SMILES string of the molecule is Cc1ccc(OCC(=O)NC(=S)Nc2c(C)cc(Br)cc2C)cc1. The summed E-state index contributed by atoms with van der Waals surface area (Å²) in [5, 5.41) is 5.94. The van der Waals surface area contributed by atoms with Crippen LogP contribution in [0.5, 0.6) is 5.75 Å². The molecule has 4 nitrogen and oxygen atoms in total. The molecule has 0 aromatic heterocycles. The van der Waals surface area contributed by atoms with E-state index in [0.29, 0.717) is 5.75 Å². The molecule has 126 valence electrons. The van der Waals surface area contributed by atoms with Crippen molar-refractivity contribution in [2.45, 2.75) is 20.8 Å². The van der Waals surface area contributed by atoms with Crippen molar-refractivity contribution in [3.05, 3.63) is 57.6 Å². The number of nitrogens with one attached hydrogen (secondary N) is 2. The van der Waals surface area contributed by atoms with Gasteiger partial charge in [-0.05, 0) is 68.4 Å². The van der Waals surface area contributed by atoms with E-state index in [4.69, 9.17) is 17.0 Å². The Morgan fingerprint density at radius 2 is 1.71 bits per heavy atom. The Hall–Kier alpha value is -1.92. The molecule has 6 heteroatoms. The van der Waals surface area contributed by atoms with Crippen molar-refractivity contribution in [1.29, 1.82) is 0 Å². The third-order valence-electron chi connectivity index (χ3n) is 3.38. The van der Waals surface area contributed by atoms with Crippen LogP contribution in [0.2, 0.25) is 0 Å². The van der Waals surface area contributed by atoms with Crippen molar-refractivity contribution in [3.8, 4) is 5.75 Å². The predicted octanol–water partition coefficient (Wildman–Crippen LogP) is 4.27. The fraction of sp³-hybridized carbons (Fsp3) is 0.222. The highest BCUT2D eigenvalue weighted by atomic mass is 79.9. The molecule has 0 saturated carbocycles. The Morgan fingerprint density at radius 1 is 1.12 bits per heavy atom. The number of hydrogen-bond donors (Lipinski definition) is 2. The van der Waals surface area contributed by atoms with E-state index >= 15 is 0 Å². The van der Waals surface area contributed by atoms with Crippen LogP contribution in [0.1, 0.15) is 16.7 Å². The van der Waals surface area contributed by atoms with E-state index in [1.807, 2.05) is 57.2 Å². The Labute approximate surface area is 155 Å². The highest BCUT2D eigenvalue weighted by Crippen LogP contribution is 2.24. The van der Waals surface area contributed by atoms with Crippen molar-refractivity contribution >= 4 is 44.9 Å². The van der Waals surface area contributed by atoms with Crippen molar-refractivity contribution in [2.24, 2.45) is 0 Å². The Bertz CT molecular complexity index is 737. The van der Waals surface area contributed by atoms with Crippen molar-refractivity contribution in [2.75, 3.05) is 11.9 Å². The first-order valence-corrected chi connectivity index (χ1v) is 8.62. The van der Waals surface area contributed by atoms with Gasteiger partial charge in [0.05, 0.1) is 0 Å². The van der Waals surface area contributed by atoms with Gasteiger partial charge >= 0.3 is 0 Å². The van der Waals surface area contributed by atoms with E-state index < -0.39 is 0 Å². The molecule has 2 aromatic rings. The second-order valence-corrected chi connectivity index (χ2v) is 6.84. The van der Waals surface area contributed by atoms with Crippen LogP contribution in [0.15, 0.2) is 40.9 Å². The summed E-state index contributed by atoms with van der Waals surface area (Å²) in [7, 11) is 0. The van der Waals surface area contributed by atoms with Gasteiger partial charge in [-0.1, -0.05) is 33.6 Å². The molecule has 0 atom stereocenters. The number of hydrogen-bond acceptors (Lipinski definition) is 3. The van der Waals surface area contributed by atoms with Crippen LogP contribution >= 0.6 is 28.1 Å². The van der Waals surface area contributed by atoms with Gasteiger partial charge in [0.25, 0.3) is 5.91 Å². The maximum Gasteiger partial charge on any atom is 0.264 e. The number of thiocarbonyl (C=S) groups is 1. The molecular weight excluding hydrogens is 388 g/mol. The quantitative estimate of drug-likeness (QED) is 0.744. The maximum atomic E-state index is 11.9. The number of ether oxygens (including phenoxy) is 1. The van der Waals surface area contributed by atoms with Crippen LogP contribution in [0, 0.1) is 20.8 Å². The molecule has 1 amide bonds. The van der Waals surface area contributed by atoms with Crippen LogP contribution in [-0.4, -0.2) is 17.6 Å². The zero-order chi connectivity index (χ0) is 17.7. The lowest BCUT2D eigenvalue weighted by molar-refractivity contribution is -0.121. The highest BCUT2D eigenvalue weighted by molar-refractivity contribution is 9.10. The van der Waals surface area contributed by atoms with Gasteiger partial charge in [0, 0.05) is 10.2 Å². The minimum atomic E-state index is -0.305. The van der Waals surface area contributed by atoms with Crippen LogP contribution < -0.4 is 15.4 Å². The molecule has 0 aliphatic rings. The fourth-order valence-corrected chi connectivity index (χ4v) is 3.10. The summed E-state index contributed by atoms with van der Waals surface area (Å²) in [6.07, 6.45) is 0. The molecule has 0 heterocycles. The van der Waals surface area contributed by atoms with Gasteiger partial charge in [-0.2, -0.15) is 0 Å². The number of anilines is 1. The molecule has 2 aromatic carbocycles. The van der Waals surface area contributed by atoms with E-state index in [0.717, 1.165) is 26.9 Å². The van der Waals surface area contributed by atoms with Crippen LogP contribution in [0.3, 0.4) is 0 Å². The lowest BCUT2D eigenvalue weighted by Gasteiger charge is -2.15. The molecule has 0 fully saturated rings. The third kappa shape index (κ3) is 5.32. The molecule has 24 heavy (non-hydrogen) atoms. The van der Waals surface area contributed by atoms with Crippen molar-refractivity contribution in [1.82, 2.24) is 5.32 Å². The second kappa shape index (κ2) is 8.26. The van der Waals surface area contributed by atoms with Gasteiger partial charge in [0.2, 0.25) is 0 Å². The summed E-state index contributed by atoms with van der Waals surface area (Å²) in [5.74, 6) is 0.342. The molecule has 0 aliphatic heterocycles. The summed E-state index contributed by atoms with van der Waals surface area (Å²) in [4.78, 5) is 11.9. The topological polar surface area (TPSA) is 50.4 Å². The average molecular weight is 407 g/mol. The molecule has 2 N–H and O–H groups in total. The number of benzene rings is 2. The zero-order valence-corrected chi connectivity index (χ0v) is 16.2. The molecule has 0 radical (unpaired) electrons. The normalized spacial score (nSPS) is 10.2. The number of halogens is 1. The van der Waals surface area contributed by atoms with Crippen LogP contribution in [-0.2, 0) is 4.79 Å². The first-order chi connectivity index (χ1) is 11.3. The highest BCUT2D eigenvalue weighted by Gasteiger charge is 2.09. The van der Waals surface area contributed by atoms with Gasteiger partial charge in [-0.25, -0.2) is 0 Å². The lowest BCUT2D eigenvalue weighted by atomic mass is 10.1. The first-order valence-electron chi connectivity index (χ1n) is 7.42. The summed E-state index contributed by atoms with van der Waals surface area (Å²) >= 11 is 8.66. The van der Waals surface area contributed by atoms with E-state index in [2.05, 4.69) is 26.6 Å². The number of amides is 1.